The molecule has 5 nitrogen and oxygen atoms in total. The number of rotatable bonds is 4. The van der Waals surface area contributed by atoms with E-state index in [4.69, 9.17) is 5.73 Å². The van der Waals surface area contributed by atoms with Gasteiger partial charge in [0.05, 0.1) is 12.5 Å². The average molecular weight is 250 g/mol. The molecule has 1 aliphatic rings. The Morgan fingerprint density at radius 3 is 2.89 bits per heavy atom. The number of benzene rings is 1. The van der Waals surface area contributed by atoms with Gasteiger partial charge < -0.3 is 21.3 Å². The Bertz CT molecular complexity index is 448. The van der Waals surface area contributed by atoms with E-state index in [0.717, 1.165) is 25.1 Å². The van der Waals surface area contributed by atoms with Crippen LogP contribution >= 0.6 is 0 Å². The standard InChI is InChI=1S/C13H18N2O3/c14-12(17)6-11(16)13(18)9-2-1-8-3-4-15-7-10(8)5-9/h1-2,5,11,13,15-16,18H,3-4,6-7H2,(H2,14,17). The Morgan fingerprint density at radius 2 is 2.17 bits per heavy atom. The first-order valence-corrected chi connectivity index (χ1v) is 6.05. The maximum atomic E-state index is 10.7. The molecule has 5 N–H and O–H groups in total. The van der Waals surface area contributed by atoms with Gasteiger partial charge >= 0.3 is 0 Å². The van der Waals surface area contributed by atoms with Crippen molar-refractivity contribution in [2.45, 2.75) is 31.6 Å². The lowest BCUT2D eigenvalue weighted by atomic mass is 9.94. The third-order valence-corrected chi connectivity index (χ3v) is 3.23. The average Bonchev–Trinajstić information content (AvgIpc) is 2.36. The number of hydrogen-bond acceptors (Lipinski definition) is 4. The molecule has 1 aliphatic heterocycles. The number of aliphatic hydroxyl groups excluding tert-OH is 2. The maximum Gasteiger partial charge on any atom is 0.220 e. The van der Waals surface area contributed by atoms with Crippen LogP contribution in [0.4, 0.5) is 0 Å². The highest BCUT2D eigenvalue weighted by atomic mass is 16.3. The largest absolute Gasteiger partial charge is 0.390 e. The number of fused-ring (bicyclic) bond motifs is 1. The van der Waals surface area contributed by atoms with E-state index in [-0.39, 0.29) is 6.42 Å². The van der Waals surface area contributed by atoms with Crippen LogP contribution in [-0.2, 0) is 17.8 Å². The van der Waals surface area contributed by atoms with Crippen molar-refractivity contribution in [1.82, 2.24) is 5.32 Å². The van der Waals surface area contributed by atoms with Crippen molar-refractivity contribution in [3.63, 3.8) is 0 Å². The van der Waals surface area contributed by atoms with Crippen molar-refractivity contribution < 1.29 is 15.0 Å². The minimum absolute atomic E-state index is 0.240. The molecule has 0 bridgehead atoms. The number of amides is 1. The topological polar surface area (TPSA) is 95.6 Å². The van der Waals surface area contributed by atoms with Crippen LogP contribution < -0.4 is 11.1 Å². The fraction of sp³-hybridized carbons (Fsp3) is 0.462. The summed E-state index contributed by atoms with van der Waals surface area (Å²) in [5, 5.41) is 22.9. The molecule has 1 aromatic rings. The lowest BCUT2D eigenvalue weighted by molar-refractivity contribution is -0.121. The highest BCUT2D eigenvalue weighted by Gasteiger charge is 2.21. The van der Waals surface area contributed by atoms with Crippen LogP contribution in [0.3, 0.4) is 0 Å². The molecule has 5 heteroatoms. The first-order valence-electron chi connectivity index (χ1n) is 6.05. The van der Waals surface area contributed by atoms with E-state index in [0.29, 0.717) is 5.56 Å². The molecule has 0 radical (unpaired) electrons. The van der Waals surface area contributed by atoms with E-state index in [1.807, 2.05) is 12.1 Å². The quantitative estimate of drug-likeness (QED) is 0.585. The minimum atomic E-state index is -1.16. The highest BCUT2D eigenvalue weighted by Crippen LogP contribution is 2.23. The second-order valence-corrected chi connectivity index (χ2v) is 4.64. The van der Waals surface area contributed by atoms with Crippen molar-refractivity contribution in [2.75, 3.05) is 6.54 Å². The summed E-state index contributed by atoms with van der Waals surface area (Å²) in [4.78, 5) is 10.7. The molecule has 0 saturated heterocycles. The molecule has 0 aromatic heterocycles. The van der Waals surface area contributed by atoms with Crippen LogP contribution in [0.5, 0.6) is 0 Å². The zero-order valence-corrected chi connectivity index (χ0v) is 10.1. The molecule has 0 spiro atoms. The van der Waals surface area contributed by atoms with Crippen LogP contribution in [0.25, 0.3) is 0 Å². The molecule has 2 unspecified atom stereocenters. The van der Waals surface area contributed by atoms with Gasteiger partial charge in [-0.15, -0.1) is 0 Å². The molecule has 0 fully saturated rings. The van der Waals surface area contributed by atoms with Crippen LogP contribution in [0, 0.1) is 0 Å². The van der Waals surface area contributed by atoms with Gasteiger partial charge in [-0.05, 0) is 29.7 Å². The Hall–Kier alpha value is -1.43. The van der Waals surface area contributed by atoms with E-state index in [2.05, 4.69) is 5.32 Å². The molecule has 0 saturated carbocycles. The van der Waals surface area contributed by atoms with Gasteiger partial charge in [0.2, 0.25) is 5.91 Å². The van der Waals surface area contributed by atoms with E-state index in [1.54, 1.807) is 6.07 Å². The van der Waals surface area contributed by atoms with Crippen molar-refractivity contribution in [1.29, 1.82) is 0 Å². The van der Waals surface area contributed by atoms with Gasteiger partial charge in [-0.1, -0.05) is 18.2 Å². The molecule has 1 amide bonds. The molecular weight excluding hydrogens is 232 g/mol. The summed E-state index contributed by atoms with van der Waals surface area (Å²) in [5.74, 6) is -0.624. The van der Waals surface area contributed by atoms with Gasteiger partial charge in [0, 0.05) is 6.54 Å². The number of aliphatic hydroxyl groups is 2. The fourth-order valence-corrected chi connectivity index (χ4v) is 2.22. The number of carbonyl (C=O) groups excluding carboxylic acids is 1. The Morgan fingerprint density at radius 1 is 1.39 bits per heavy atom. The second kappa shape index (κ2) is 5.48. The number of primary amides is 1. The third-order valence-electron chi connectivity index (χ3n) is 3.23. The Labute approximate surface area is 106 Å². The Balaban J connectivity index is 2.15. The summed E-state index contributed by atoms with van der Waals surface area (Å²) >= 11 is 0. The summed E-state index contributed by atoms with van der Waals surface area (Å²) < 4.78 is 0. The van der Waals surface area contributed by atoms with Crippen molar-refractivity contribution in [3.8, 4) is 0 Å². The first-order chi connectivity index (χ1) is 8.58. The lowest BCUT2D eigenvalue weighted by Crippen LogP contribution is -2.27. The minimum Gasteiger partial charge on any atom is -0.390 e. The summed E-state index contributed by atoms with van der Waals surface area (Å²) in [7, 11) is 0. The maximum absolute atomic E-state index is 10.7. The highest BCUT2D eigenvalue weighted by molar-refractivity contribution is 5.74. The predicted molar refractivity (Wildman–Crippen MR) is 66.6 cm³/mol. The molecule has 2 atom stereocenters. The van der Waals surface area contributed by atoms with E-state index in [9.17, 15) is 15.0 Å². The molecule has 2 rings (SSSR count). The number of nitrogens with two attached hydrogens (primary N) is 1. The monoisotopic (exact) mass is 250 g/mol. The van der Waals surface area contributed by atoms with Crippen LogP contribution in [-0.4, -0.2) is 28.8 Å². The van der Waals surface area contributed by atoms with Crippen LogP contribution in [0.2, 0.25) is 0 Å². The molecule has 0 aliphatic carbocycles. The van der Waals surface area contributed by atoms with Crippen LogP contribution in [0.1, 0.15) is 29.2 Å². The summed E-state index contributed by atoms with van der Waals surface area (Å²) in [6.07, 6.45) is -1.51. The Kier molecular flexibility index (Phi) is 3.96. The van der Waals surface area contributed by atoms with Gasteiger partial charge in [0.15, 0.2) is 0 Å². The number of nitrogens with one attached hydrogen (secondary N) is 1. The van der Waals surface area contributed by atoms with Gasteiger partial charge in [-0.2, -0.15) is 0 Å². The van der Waals surface area contributed by atoms with Gasteiger partial charge in [0.25, 0.3) is 0 Å². The lowest BCUT2D eigenvalue weighted by Gasteiger charge is -2.21. The molecule has 1 aromatic carbocycles. The van der Waals surface area contributed by atoms with Gasteiger partial charge in [0.1, 0.15) is 6.10 Å². The van der Waals surface area contributed by atoms with Crippen molar-refractivity contribution in [3.05, 3.63) is 34.9 Å². The zero-order chi connectivity index (χ0) is 13.1. The van der Waals surface area contributed by atoms with Crippen molar-refractivity contribution >= 4 is 5.91 Å². The van der Waals surface area contributed by atoms with E-state index in [1.165, 1.54) is 5.56 Å². The van der Waals surface area contributed by atoms with Gasteiger partial charge in [-0.3, -0.25) is 4.79 Å². The first kappa shape index (κ1) is 13.0. The smallest absolute Gasteiger partial charge is 0.220 e. The summed E-state index contributed by atoms with van der Waals surface area (Å²) in [6, 6.07) is 5.63. The predicted octanol–water partition coefficient (Wildman–Crippen LogP) is -0.398. The summed E-state index contributed by atoms with van der Waals surface area (Å²) in [5.41, 5.74) is 8.00. The molecule has 98 valence electrons. The SMILES string of the molecule is NC(=O)CC(O)C(O)c1ccc2c(c1)CNCC2. The van der Waals surface area contributed by atoms with Gasteiger partial charge in [-0.25, -0.2) is 0 Å². The van der Waals surface area contributed by atoms with Crippen molar-refractivity contribution in [2.24, 2.45) is 5.73 Å². The fourth-order valence-electron chi connectivity index (χ4n) is 2.22. The molecule has 1 heterocycles. The molecule has 18 heavy (non-hydrogen) atoms. The van der Waals surface area contributed by atoms with Crippen LogP contribution in [0.15, 0.2) is 18.2 Å². The van der Waals surface area contributed by atoms with E-state index < -0.39 is 18.1 Å². The zero-order valence-electron chi connectivity index (χ0n) is 10.1. The third kappa shape index (κ3) is 2.87. The summed E-state index contributed by atoms with van der Waals surface area (Å²) in [6.45, 7) is 1.72. The second-order valence-electron chi connectivity index (χ2n) is 4.64. The van der Waals surface area contributed by atoms with E-state index >= 15 is 0 Å². The number of hydrogen-bond donors (Lipinski definition) is 4. The molecular formula is C13H18N2O3. The normalized spacial score (nSPS) is 17.9. The number of carbonyl (C=O) groups is 1.